The lowest BCUT2D eigenvalue weighted by Crippen LogP contribution is -2.32. The lowest BCUT2D eigenvalue weighted by atomic mass is 9.94. The molecule has 0 bridgehead atoms. The van der Waals surface area contributed by atoms with E-state index in [9.17, 15) is 9.59 Å². The van der Waals surface area contributed by atoms with Crippen molar-refractivity contribution in [3.05, 3.63) is 61.4 Å². The number of rotatable bonds is 1. The first kappa shape index (κ1) is 12.0. The molecule has 3 rings (SSSR count). The third-order valence-corrected chi connectivity index (χ3v) is 3.43. The number of halogens is 1. The summed E-state index contributed by atoms with van der Waals surface area (Å²) < 4.78 is 5.64. The van der Waals surface area contributed by atoms with Gasteiger partial charge in [-0.25, -0.2) is 0 Å². The van der Waals surface area contributed by atoms with Gasteiger partial charge in [-0.1, -0.05) is 17.7 Å². The van der Waals surface area contributed by atoms with Crippen LogP contribution in [0.5, 0.6) is 5.75 Å². The molecule has 1 aromatic heterocycles. The van der Waals surface area contributed by atoms with E-state index < -0.39 is 11.1 Å². The molecule has 0 spiro atoms. The fourth-order valence-corrected chi connectivity index (χ4v) is 2.36. The normalized spacial score (nSPS) is 17.6. The van der Waals surface area contributed by atoms with Crippen LogP contribution >= 0.6 is 11.6 Å². The summed E-state index contributed by atoms with van der Waals surface area (Å²) in [6.07, 6.45) is 2.26. The maximum Gasteiger partial charge on any atom is 0.313 e. The van der Waals surface area contributed by atoms with Gasteiger partial charge < -0.3 is 14.7 Å². The zero-order chi connectivity index (χ0) is 13.4. The van der Waals surface area contributed by atoms with E-state index in [1.807, 2.05) is 12.1 Å². The number of hydrogen-bond acceptors (Lipinski definition) is 3. The lowest BCUT2D eigenvalue weighted by molar-refractivity contribution is 0.260. The molecule has 19 heavy (non-hydrogen) atoms. The Hall–Kier alpha value is -2.01. The van der Waals surface area contributed by atoms with Gasteiger partial charge in [-0.05, 0) is 24.1 Å². The molecule has 2 aromatic rings. The van der Waals surface area contributed by atoms with Crippen molar-refractivity contribution in [2.24, 2.45) is 0 Å². The molecule has 1 unspecified atom stereocenters. The minimum Gasteiger partial charge on any atom is -0.493 e. The fourth-order valence-electron chi connectivity index (χ4n) is 2.20. The average molecular weight is 279 g/mol. The van der Waals surface area contributed by atoms with Gasteiger partial charge in [-0.2, -0.15) is 0 Å². The molecular weight excluding hydrogens is 268 g/mol. The monoisotopic (exact) mass is 278 g/mol. The van der Waals surface area contributed by atoms with Crippen LogP contribution in [-0.4, -0.2) is 16.6 Å². The van der Waals surface area contributed by atoms with Gasteiger partial charge in [0.2, 0.25) is 0 Å². The maximum absolute atomic E-state index is 11.3. The second kappa shape index (κ2) is 4.59. The molecule has 0 saturated heterocycles. The number of fused-ring (bicyclic) bond motifs is 1. The third kappa shape index (κ3) is 2.29. The first-order valence-corrected chi connectivity index (χ1v) is 6.24. The summed E-state index contributed by atoms with van der Waals surface area (Å²) in [5.74, 6) is 0.786. The van der Waals surface area contributed by atoms with Crippen molar-refractivity contribution < 1.29 is 4.74 Å². The SMILES string of the molecule is O=c1[nH]cc(C2COc3cc(Cl)ccc3C2)[nH]c1=O. The van der Waals surface area contributed by atoms with Crippen LogP contribution in [0.4, 0.5) is 0 Å². The molecule has 2 heterocycles. The first-order valence-electron chi connectivity index (χ1n) is 5.86. The predicted molar refractivity (Wildman–Crippen MR) is 71.1 cm³/mol. The molecule has 1 aliphatic heterocycles. The van der Waals surface area contributed by atoms with E-state index in [0.717, 1.165) is 17.7 Å². The molecule has 6 heteroatoms. The number of H-pyrrole nitrogens is 2. The van der Waals surface area contributed by atoms with Gasteiger partial charge in [-0.3, -0.25) is 9.59 Å². The van der Waals surface area contributed by atoms with Crippen molar-refractivity contribution in [1.82, 2.24) is 9.97 Å². The van der Waals surface area contributed by atoms with E-state index in [1.54, 1.807) is 6.07 Å². The van der Waals surface area contributed by atoms with Crippen molar-refractivity contribution in [3.63, 3.8) is 0 Å². The van der Waals surface area contributed by atoms with Gasteiger partial charge in [0.05, 0.1) is 6.61 Å². The van der Waals surface area contributed by atoms with Crippen LogP contribution in [0.1, 0.15) is 17.2 Å². The Morgan fingerprint density at radius 3 is 2.89 bits per heavy atom. The highest BCUT2D eigenvalue weighted by Crippen LogP contribution is 2.32. The van der Waals surface area contributed by atoms with Crippen LogP contribution in [0.2, 0.25) is 5.02 Å². The van der Waals surface area contributed by atoms with E-state index >= 15 is 0 Å². The van der Waals surface area contributed by atoms with E-state index in [-0.39, 0.29) is 5.92 Å². The summed E-state index contributed by atoms with van der Waals surface area (Å²) in [6.45, 7) is 0.440. The van der Waals surface area contributed by atoms with Crippen molar-refractivity contribution in [3.8, 4) is 5.75 Å². The predicted octanol–water partition coefficient (Wildman–Crippen LogP) is 1.44. The van der Waals surface area contributed by atoms with Crippen LogP contribution < -0.4 is 15.9 Å². The molecule has 98 valence electrons. The summed E-state index contributed by atoms with van der Waals surface area (Å²) in [4.78, 5) is 27.4. The molecule has 0 fully saturated rings. The molecule has 2 N–H and O–H groups in total. The number of aromatic nitrogens is 2. The molecule has 5 nitrogen and oxygen atoms in total. The van der Waals surface area contributed by atoms with Gasteiger partial charge in [0.15, 0.2) is 0 Å². The van der Waals surface area contributed by atoms with Gasteiger partial charge in [0.25, 0.3) is 0 Å². The highest BCUT2D eigenvalue weighted by molar-refractivity contribution is 6.30. The molecule has 0 aliphatic carbocycles. The zero-order valence-corrected chi connectivity index (χ0v) is 10.7. The van der Waals surface area contributed by atoms with Gasteiger partial charge >= 0.3 is 11.1 Å². The smallest absolute Gasteiger partial charge is 0.313 e. The Kier molecular flexibility index (Phi) is 2.91. The Morgan fingerprint density at radius 1 is 1.26 bits per heavy atom. The van der Waals surface area contributed by atoms with Crippen LogP contribution in [0.3, 0.4) is 0 Å². The topological polar surface area (TPSA) is 75.0 Å². The van der Waals surface area contributed by atoms with Crippen molar-refractivity contribution in [1.29, 1.82) is 0 Å². The number of benzene rings is 1. The van der Waals surface area contributed by atoms with Gasteiger partial charge in [-0.15, -0.1) is 0 Å². The van der Waals surface area contributed by atoms with Crippen molar-refractivity contribution in [2.45, 2.75) is 12.3 Å². The van der Waals surface area contributed by atoms with Crippen LogP contribution in [0, 0.1) is 0 Å². The molecule has 0 amide bonds. The molecular formula is C13H11ClN2O3. The third-order valence-electron chi connectivity index (χ3n) is 3.20. The molecule has 1 aliphatic rings. The van der Waals surface area contributed by atoms with Gasteiger partial charge in [0, 0.05) is 22.8 Å². The number of aromatic amines is 2. The summed E-state index contributed by atoms with van der Waals surface area (Å²) >= 11 is 5.90. The first-order chi connectivity index (χ1) is 9.13. The number of hydrogen-bond donors (Lipinski definition) is 2. The van der Waals surface area contributed by atoms with E-state index in [0.29, 0.717) is 17.3 Å². The zero-order valence-electron chi connectivity index (χ0n) is 9.90. The minimum absolute atomic E-state index is 0.0122. The summed E-state index contributed by atoms with van der Waals surface area (Å²) in [6, 6.07) is 5.50. The highest BCUT2D eigenvalue weighted by atomic mass is 35.5. The van der Waals surface area contributed by atoms with Crippen LogP contribution in [-0.2, 0) is 6.42 Å². The number of nitrogens with one attached hydrogen (secondary N) is 2. The molecule has 0 saturated carbocycles. The Balaban J connectivity index is 1.93. The standard InChI is InChI=1S/C13H11ClN2O3/c14-9-2-1-7-3-8(6-19-11(7)4-9)10-5-15-12(17)13(18)16-10/h1-2,4-5,8H,3,6H2,(H,15,17)(H,16,18). The molecule has 0 radical (unpaired) electrons. The Morgan fingerprint density at radius 2 is 2.11 bits per heavy atom. The highest BCUT2D eigenvalue weighted by Gasteiger charge is 2.22. The van der Waals surface area contributed by atoms with Crippen LogP contribution in [0.25, 0.3) is 0 Å². The molecule has 1 atom stereocenters. The second-order valence-electron chi connectivity index (χ2n) is 4.49. The summed E-state index contributed by atoms with van der Waals surface area (Å²) in [5.41, 5.74) is 0.421. The molecule has 1 aromatic carbocycles. The van der Waals surface area contributed by atoms with E-state index in [1.165, 1.54) is 6.20 Å². The lowest BCUT2D eigenvalue weighted by Gasteiger charge is -2.25. The average Bonchev–Trinajstić information content (AvgIpc) is 2.41. The quantitative estimate of drug-likeness (QED) is 0.775. The Bertz CT molecular complexity index is 735. The number of ether oxygens (including phenoxy) is 1. The van der Waals surface area contributed by atoms with Crippen molar-refractivity contribution in [2.75, 3.05) is 6.61 Å². The Labute approximate surface area is 113 Å². The summed E-state index contributed by atoms with van der Waals surface area (Å²) in [5, 5.41) is 0.634. The largest absolute Gasteiger partial charge is 0.493 e. The summed E-state index contributed by atoms with van der Waals surface area (Å²) in [7, 11) is 0. The van der Waals surface area contributed by atoms with E-state index in [2.05, 4.69) is 9.97 Å². The maximum atomic E-state index is 11.3. The second-order valence-corrected chi connectivity index (χ2v) is 4.93. The van der Waals surface area contributed by atoms with E-state index in [4.69, 9.17) is 16.3 Å². The van der Waals surface area contributed by atoms with Crippen molar-refractivity contribution >= 4 is 11.6 Å². The van der Waals surface area contributed by atoms with Gasteiger partial charge in [0.1, 0.15) is 5.75 Å². The van der Waals surface area contributed by atoms with Crippen LogP contribution in [0.15, 0.2) is 34.0 Å². The fraction of sp³-hybridized carbons (Fsp3) is 0.231. The minimum atomic E-state index is -0.646.